The number of nitrogens with zero attached hydrogens (tertiary/aromatic N) is 2. The Hall–Kier alpha value is -2.04. The number of likely N-dealkylation sites (tertiary alicyclic amines) is 1. The van der Waals surface area contributed by atoms with Crippen LogP contribution in [0.15, 0.2) is 30.3 Å². The van der Waals surface area contributed by atoms with Gasteiger partial charge < -0.3 is 14.9 Å². The highest BCUT2D eigenvalue weighted by Gasteiger charge is 2.38. The number of hydrogen-bond donors (Lipinski definition) is 1. The van der Waals surface area contributed by atoms with Crippen LogP contribution in [0.4, 0.5) is 4.79 Å². The molecule has 1 heterocycles. The third kappa shape index (κ3) is 3.54. The molecule has 1 saturated heterocycles. The number of benzene rings is 1. The second-order valence-corrected chi connectivity index (χ2v) is 5.61. The summed E-state index contributed by atoms with van der Waals surface area (Å²) in [5.74, 6) is -1.26. The van der Waals surface area contributed by atoms with Crippen LogP contribution in [0.5, 0.6) is 0 Å². The van der Waals surface area contributed by atoms with Crippen molar-refractivity contribution in [2.75, 3.05) is 20.1 Å². The van der Waals surface area contributed by atoms with Gasteiger partial charge in [0.05, 0.1) is 5.92 Å². The fourth-order valence-corrected chi connectivity index (χ4v) is 2.80. The van der Waals surface area contributed by atoms with Crippen molar-refractivity contribution in [3.8, 4) is 0 Å². The predicted octanol–water partition coefficient (Wildman–Crippen LogP) is 2.08. The molecular weight excluding hydrogens is 268 g/mol. The molecule has 1 aromatic carbocycles. The van der Waals surface area contributed by atoms with E-state index in [9.17, 15) is 9.59 Å². The molecule has 0 aromatic heterocycles. The van der Waals surface area contributed by atoms with Crippen molar-refractivity contribution < 1.29 is 14.7 Å². The molecule has 5 nitrogen and oxygen atoms in total. The summed E-state index contributed by atoms with van der Waals surface area (Å²) >= 11 is 0. The lowest BCUT2D eigenvalue weighted by Crippen LogP contribution is -2.45. The van der Waals surface area contributed by atoms with Crippen molar-refractivity contribution in [3.63, 3.8) is 0 Å². The van der Waals surface area contributed by atoms with Crippen molar-refractivity contribution in [1.82, 2.24) is 9.80 Å². The van der Waals surface area contributed by atoms with Crippen molar-refractivity contribution in [2.45, 2.75) is 25.8 Å². The number of urea groups is 1. The molecule has 0 saturated carbocycles. The largest absolute Gasteiger partial charge is 0.481 e. The maximum absolute atomic E-state index is 12.4. The first-order valence-electron chi connectivity index (χ1n) is 7.29. The van der Waals surface area contributed by atoms with E-state index in [4.69, 9.17) is 5.11 Å². The van der Waals surface area contributed by atoms with Crippen molar-refractivity contribution >= 4 is 12.0 Å². The monoisotopic (exact) mass is 290 g/mol. The Morgan fingerprint density at radius 1 is 1.33 bits per heavy atom. The first-order valence-corrected chi connectivity index (χ1v) is 7.29. The van der Waals surface area contributed by atoms with E-state index in [0.717, 1.165) is 6.42 Å². The predicted molar refractivity (Wildman–Crippen MR) is 80.1 cm³/mol. The van der Waals surface area contributed by atoms with Crippen LogP contribution >= 0.6 is 0 Å². The number of carboxylic acids is 1. The fourth-order valence-electron chi connectivity index (χ4n) is 2.80. The Morgan fingerprint density at radius 3 is 2.57 bits per heavy atom. The molecule has 0 aliphatic carbocycles. The summed E-state index contributed by atoms with van der Waals surface area (Å²) in [4.78, 5) is 26.9. The molecule has 114 valence electrons. The highest BCUT2D eigenvalue weighted by Crippen LogP contribution is 2.25. The van der Waals surface area contributed by atoms with Gasteiger partial charge in [0, 0.05) is 26.2 Å². The van der Waals surface area contributed by atoms with Gasteiger partial charge in [-0.25, -0.2) is 4.79 Å². The third-order valence-electron chi connectivity index (χ3n) is 4.22. The lowest BCUT2D eigenvalue weighted by Gasteiger charge is -2.28. The molecule has 1 fully saturated rings. The minimum Gasteiger partial charge on any atom is -0.481 e. The highest BCUT2D eigenvalue weighted by atomic mass is 16.4. The SMILES string of the molecule is CC1C(C(=O)O)CCN1C(=O)N(C)CCc1ccccc1. The number of aliphatic carboxylic acids is 1. The van der Waals surface area contributed by atoms with E-state index >= 15 is 0 Å². The average Bonchev–Trinajstić information content (AvgIpc) is 2.87. The van der Waals surface area contributed by atoms with Gasteiger partial charge in [0.25, 0.3) is 0 Å². The van der Waals surface area contributed by atoms with Crippen LogP contribution in [-0.4, -0.2) is 53.1 Å². The summed E-state index contributed by atoms with van der Waals surface area (Å²) in [6.07, 6.45) is 1.34. The standard InChI is InChI=1S/C16H22N2O3/c1-12-14(15(19)20)9-11-18(12)16(21)17(2)10-8-13-6-4-3-5-7-13/h3-7,12,14H,8-11H2,1-2H3,(H,19,20). The number of rotatable bonds is 4. The lowest BCUT2D eigenvalue weighted by atomic mass is 10.0. The molecule has 1 aliphatic heterocycles. The average molecular weight is 290 g/mol. The van der Waals surface area contributed by atoms with Crippen LogP contribution in [0.1, 0.15) is 18.9 Å². The molecule has 21 heavy (non-hydrogen) atoms. The first-order chi connectivity index (χ1) is 10.0. The van der Waals surface area contributed by atoms with Gasteiger partial charge in [0.1, 0.15) is 0 Å². The minimum absolute atomic E-state index is 0.0813. The highest BCUT2D eigenvalue weighted by molar-refractivity contribution is 5.78. The van der Waals surface area contributed by atoms with Gasteiger partial charge in [-0.1, -0.05) is 30.3 Å². The molecule has 2 amide bonds. The van der Waals surface area contributed by atoms with Crippen molar-refractivity contribution in [2.24, 2.45) is 5.92 Å². The van der Waals surface area contributed by atoms with Gasteiger partial charge in [0.15, 0.2) is 0 Å². The molecule has 0 spiro atoms. The summed E-state index contributed by atoms with van der Waals surface area (Å²) in [6.45, 7) is 2.96. The maximum atomic E-state index is 12.4. The Morgan fingerprint density at radius 2 is 2.00 bits per heavy atom. The normalized spacial score (nSPS) is 21.3. The molecule has 0 radical (unpaired) electrons. The van der Waals surface area contributed by atoms with Crippen molar-refractivity contribution in [3.05, 3.63) is 35.9 Å². The number of likely N-dealkylation sites (N-methyl/N-ethyl adjacent to an activating group) is 1. The van der Waals surface area contributed by atoms with E-state index in [1.165, 1.54) is 5.56 Å². The molecule has 2 rings (SSSR count). The van der Waals surface area contributed by atoms with E-state index in [1.807, 2.05) is 37.3 Å². The van der Waals surface area contributed by atoms with E-state index < -0.39 is 11.9 Å². The number of carboxylic acid groups (broad SMARTS) is 1. The maximum Gasteiger partial charge on any atom is 0.320 e. The first kappa shape index (κ1) is 15.4. The van der Waals surface area contributed by atoms with Crippen LogP contribution in [0, 0.1) is 5.92 Å². The molecule has 1 N–H and O–H groups in total. The van der Waals surface area contributed by atoms with Crippen molar-refractivity contribution in [1.29, 1.82) is 0 Å². The summed E-state index contributed by atoms with van der Waals surface area (Å²) in [6, 6.07) is 9.69. The number of hydrogen-bond acceptors (Lipinski definition) is 2. The quantitative estimate of drug-likeness (QED) is 0.923. The van der Waals surface area contributed by atoms with E-state index in [2.05, 4.69) is 0 Å². The summed E-state index contributed by atoms with van der Waals surface area (Å²) < 4.78 is 0. The zero-order chi connectivity index (χ0) is 15.4. The molecule has 0 bridgehead atoms. The van der Waals surface area contributed by atoms with Crippen LogP contribution in [0.25, 0.3) is 0 Å². The van der Waals surface area contributed by atoms with Crippen LogP contribution in [0.3, 0.4) is 0 Å². The summed E-state index contributed by atoms with van der Waals surface area (Å²) in [5.41, 5.74) is 1.19. The number of carbonyl (C=O) groups is 2. The Kier molecular flexibility index (Phi) is 4.83. The van der Waals surface area contributed by atoms with Gasteiger partial charge in [-0.2, -0.15) is 0 Å². The topological polar surface area (TPSA) is 60.9 Å². The van der Waals surface area contributed by atoms with Gasteiger partial charge in [-0.3, -0.25) is 4.79 Å². The lowest BCUT2D eigenvalue weighted by molar-refractivity contribution is -0.142. The van der Waals surface area contributed by atoms with Crippen LogP contribution in [-0.2, 0) is 11.2 Å². The minimum atomic E-state index is -0.815. The number of carbonyl (C=O) groups excluding carboxylic acids is 1. The van der Waals surface area contributed by atoms with Gasteiger partial charge >= 0.3 is 12.0 Å². The zero-order valence-electron chi connectivity index (χ0n) is 12.5. The van der Waals surface area contributed by atoms with E-state index in [0.29, 0.717) is 19.5 Å². The molecule has 2 unspecified atom stereocenters. The fraction of sp³-hybridized carbons (Fsp3) is 0.500. The smallest absolute Gasteiger partial charge is 0.320 e. The Bertz CT molecular complexity index is 504. The van der Waals surface area contributed by atoms with Crippen LogP contribution < -0.4 is 0 Å². The molecular formula is C16H22N2O3. The second kappa shape index (κ2) is 6.61. The molecule has 2 atom stereocenters. The Balaban J connectivity index is 1.89. The van der Waals surface area contributed by atoms with Gasteiger partial charge in [0.2, 0.25) is 0 Å². The van der Waals surface area contributed by atoms with E-state index in [-0.39, 0.29) is 12.1 Å². The zero-order valence-corrected chi connectivity index (χ0v) is 12.5. The second-order valence-electron chi connectivity index (χ2n) is 5.61. The Labute approximate surface area is 125 Å². The van der Waals surface area contributed by atoms with Gasteiger partial charge in [-0.15, -0.1) is 0 Å². The third-order valence-corrected chi connectivity index (χ3v) is 4.22. The summed E-state index contributed by atoms with van der Waals surface area (Å²) in [5, 5.41) is 9.12. The number of amides is 2. The van der Waals surface area contributed by atoms with E-state index in [1.54, 1.807) is 16.8 Å². The molecule has 1 aromatic rings. The van der Waals surface area contributed by atoms with Gasteiger partial charge in [-0.05, 0) is 25.3 Å². The summed E-state index contributed by atoms with van der Waals surface area (Å²) in [7, 11) is 1.77. The molecule has 1 aliphatic rings. The molecule has 5 heteroatoms. The van der Waals surface area contributed by atoms with Crippen LogP contribution in [0.2, 0.25) is 0 Å².